The van der Waals surface area contributed by atoms with Crippen LogP contribution in [0.2, 0.25) is 0 Å². The lowest BCUT2D eigenvalue weighted by Crippen LogP contribution is -2.28. The van der Waals surface area contributed by atoms with Crippen molar-refractivity contribution in [2.24, 2.45) is 0 Å². The van der Waals surface area contributed by atoms with Crippen LogP contribution in [0.15, 0.2) is 212 Å². The molecule has 3 heteroatoms. The number of hydrogen-bond acceptors (Lipinski definition) is 3. The van der Waals surface area contributed by atoms with Gasteiger partial charge in [0.05, 0.1) is 5.41 Å². The first-order chi connectivity index (χ1) is 29.5. The molecule has 2 aliphatic rings. The zero-order valence-electron chi connectivity index (χ0n) is 33.5. The molecule has 0 radical (unpaired) electrons. The van der Waals surface area contributed by atoms with Crippen molar-refractivity contribution in [3.8, 4) is 56.4 Å². The normalized spacial score (nSPS) is 14.5. The third-order valence-electron chi connectivity index (χ3n) is 12.1. The quantitative estimate of drug-likeness (QED) is 0.161. The molecule has 0 amide bonds. The third-order valence-corrected chi connectivity index (χ3v) is 12.1. The van der Waals surface area contributed by atoms with Gasteiger partial charge < -0.3 is 14.4 Å². The summed E-state index contributed by atoms with van der Waals surface area (Å²) in [5.74, 6) is 2.91. The number of fused-ring (bicyclic) bond motifs is 6. The van der Waals surface area contributed by atoms with Gasteiger partial charge in [-0.1, -0.05) is 169 Å². The van der Waals surface area contributed by atoms with E-state index < -0.39 is 5.41 Å². The highest BCUT2D eigenvalue weighted by atomic mass is 16.6. The summed E-state index contributed by atoms with van der Waals surface area (Å²) in [6.45, 7) is 4.28. The highest BCUT2D eigenvalue weighted by Crippen LogP contribution is 2.62. The van der Waals surface area contributed by atoms with E-state index in [4.69, 9.17) is 9.47 Å². The Bertz CT molecular complexity index is 2950. The Morgan fingerprint density at radius 3 is 1.48 bits per heavy atom. The summed E-state index contributed by atoms with van der Waals surface area (Å²) in [6.07, 6.45) is 0. The average molecular weight is 772 g/mol. The molecule has 0 aromatic heterocycles. The maximum absolute atomic E-state index is 6.74. The summed E-state index contributed by atoms with van der Waals surface area (Å²) in [5.41, 5.74) is 16.9. The first-order valence-electron chi connectivity index (χ1n) is 20.6. The van der Waals surface area contributed by atoms with Crippen molar-refractivity contribution < 1.29 is 9.47 Å². The van der Waals surface area contributed by atoms with Crippen LogP contribution < -0.4 is 14.4 Å². The molecule has 0 spiro atoms. The van der Waals surface area contributed by atoms with Gasteiger partial charge in [0.25, 0.3) is 0 Å². The highest BCUT2D eigenvalue weighted by molar-refractivity contribution is 5.92. The first-order valence-corrected chi connectivity index (χ1v) is 20.6. The molecule has 0 bridgehead atoms. The molecule has 9 aromatic rings. The van der Waals surface area contributed by atoms with Crippen molar-refractivity contribution in [2.45, 2.75) is 19.3 Å². The lowest BCUT2D eigenvalue weighted by atomic mass is 9.67. The molecular formula is C57H41NO2. The Morgan fingerprint density at radius 1 is 0.367 bits per heavy atom. The summed E-state index contributed by atoms with van der Waals surface area (Å²) < 4.78 is 13.2. The molecule has 11 rings (SSSR count). The number of hydrogen-bond donors (Lipinski definition) is 0. The molecule has 0 saturated carbocycles. The Hall–Kier alpha value is -7.62. The van der Waals surface area contributed by atoms with Gasteiger partial charge in [-0.15, -0.1) is 0 Å². The molecule has 60 heavy (non-hydrogen) atoms. The average Bonchev–Trinajstić information content (AvgIpc) is 3.61. The Morgan fingerprint density at radius 2 is 0.883 bits per heavy atom. The van der Waals surface area contributed by atoms with E-state index in [0.717, 1.165) is 51.2 Å². The minimum Gasteiger partial charge on any atom is -0.449 e. The zero-order chi connectivity index (χ0) is 40.2. The largest absolute Gasteiger partial charge is 0.449 e. The molecule has 3 nitrogen and oxygen atoms in total. The van der Waals surface area contributed by atoms with Gasteiger partial charge in [0, 0.05) is 22.6 Å². The van der Waals surface area contributed by atoms with E-state index in [0.29, 0.717) is 0 Å². The van der Waals surface area contributed by atoms with Crippen molar-refractivity contribution in [2.75, 3.05) is 4.90 Å². The number of para-hydroxylation sites is 2. The second-order valence-electron chi connectivity index (χ2n) is 15.8. The number of nitrogens with zero attached hydrogens (tertiary/aromatic N) is 1. The predicted octanol–water partition coefficient (Wildman–Crippen LogP) is 15.4. The van der Waals surface area contributed by atoms with E-state index in [2.05, 4.69) is 207 Å². The fourth-order valence-corrected chi connectivity index (χ4v) is 9.39. The van der Waals surface area contributed by atoms with Gasteiger partial charge in [-0.3, -0.25) is 0 Å². The summed E-state index contributed by atoms with van der Waals surface area (Å²) >= 11 is 0. The van der Waals surface area contributed by atoms with Crippen LogP contribution in [0.3, 0.4) is 0 Å². The topological polar surface area (TPSA) is 21.7 Å². The molecule has 9 aromatic carbocycles. The second kappa shape index (κ2) is 14.3. The van der Waals surface area contributed by atoms with E-state index >= 15 is 0 Å². The van der Waals surface area contributed by atoms with Gasteiger partial charge in [0.1, 0.15) is 0 Å². The number of aryl methyl sites for hydroxylation is 2. The molecule has 0 fully saturated rings. The standard InChI is InChI=1S/C57H41NO2/c1-38-12-10-14-42(36-38)40-22-28-46(29-23-40)58(47-30-24-41(25-31-47)43-15-11-13-39(2)37-43)48-32-26-45(27-33-48)57(44-16-4-3-5-17-44)50-19-7-6-18-49(50)55-51(57)34-35-54-56(55)60-53-21-9-8-20-52(53)59-54/h3-37H,1-2H3. The maximum atomic E-state index is 6.74. The summed E-state index contributed by atoms with van der Waals surface area (Å²) in [7, 11) is 0. The molecule has 1 aliphatic carbocycles. The summed E-state index contributed by atoms with van der Waals surface area (Å²) in [6, 6.07) is 76.3. The molecule has 286 valence electrons. The van der Waals surface area contributed by atoms with Crippen LogP contribution in [0.5, 0.6) is 23.0 Å². The lowest BCUT2D eigenvalue weighted by molar-refractivity contribution is 0.360. The fraction of sp³-hybridized carbons (Fsp3) is 0.0526. The minimum atomic E-state index is -0.614. The van der Waals surface area contributed by atoms with E-state index in [9.17, 15) is 0 Å². The van der Waals surface area contributed by atoms with Crippen LogP contribution in [-0.4, -0.2) is 0 Å². The van der Waals surface area contributed by atoms with Crippen LogP contribution in [0.1, 0.15) is 33.4 Å². The van der Waals surface area contributed by atoms with E-state index in [1.165, 1.54) is 55.6 Å². The number of anilines is 3. The number of rotatable bonds is 7. The highest BCUT2D eigenvalue weighted by Gasteiger charge is 2.48. The molecule has 0 saturated heterocycles. The van der Waals surface area contributed by atoms with Crippen molar-refractivity contribution >= 4 is 17.1 Å². The van der Waals surface area contributed by atoms with Gasteiger partial charge in [0.15, 0.2) is 23.0 Å². The fourth-order valence-electron chi connectivity index (χ4n) is 9.39. The minimum absolute atomic E-state index is 0.614. The van der Waals surface area contributed by atoms with Crippen molar-refractivity contribution in [1.82, 2.24) is 0 Å². The van der Waals surface area contributed by atoms with E-state index in [1.54, 1.807) is 0 Å². The van der Waals surface area contributed by atoms with Gasteiger partial charge in [-0.2, -0.15) is 0 Å². The van der Waals surface area contributed by atoms with Crippen LogP contribution in [0.25, 0.3) is 33.4 Å². The summed E-state index contributed by atoms with van der Waals surface area (Å²) in [5, 5.41) is 0. The second-order valence-corrected chi connectivity index (χ2v) is 15.8. The van der Waals surface area contributed by atoms with Gasteiger partial charge in [0.2, 0.25) is 0 Å². The van der Waals surface area contributed by atoms with Crippen LogP contribution in [0, 0.1) is 13.8 Å². The Labute approximate surface area is 351 Å². The zero-order valence-corrected chi connectivity index (χ0v) is 33.5. The monoisotopic (exact) mass is 771 g/mol. The molecular weight excluding hydrogens is 731 g/mol. The Kier molecular flexibility index (Phi) is 8.49. The molecule has 1 atom stereocenters. The van der Waals surface area contributed by atoms with E-state index in [-0.39, 0.29) is 0 Å². The molecule has 1 unspecified atom stereocenters. The molecule has 1 aliphatic heterocycles. The van der Waals surface area contributed by atoms with Crippen LogP contribution >= 0.6 is 0 Å². The number of ether oxygens (including phenoxy) is 2. The van der Waals surface area contributed by atoms with Gasteiger partial charge in [-0.05, 0) is 119 Å². The first kappa shape index (κ1) is 35.5. The van der Waals surface area contributed by atoms with Crippen LogP contribution in [-0.2, 0) is 5.41 Å². The summed E-state index contributed by atoms with van der Waals surface area (Å²) in [4.78, 5) is 2.36. The van der Waals surface area contributed by atoms with Crippen molar-refractivity contribution in [3.63, 3.8) is 0 Å². The maximum Gasteiger partial charge on any atom is 0.178 e. The molecule has 1 heterocycles. The number of benzene rings is 9. The lowest BCUT2D eigenvalue weighted by Gasteiger charge is -2.35. The Balaban J connectivity index is 1.06. The van der Waals surface area contributed by atoms with Crippen molar-refractivity contribution in [3.05, 3.63) is 246 Å². The predicted molar refractivity (Wildman–Crippen MR) is 245 cm³/mol. The van der Waals surface area contributed by atoms with Crippen LogP contribution in [0.4, 0.5) is 17.1 Å². The SMILES string of the molecule is Cc1cccc(-c2ccc(N(c3ccc(-c4cccc(C)c4)cc3)c3ccc(C4(c5ccccc5)c5ccccc5-c5c4ccc4c5Oc5ccccc5O4)cc3)cc2)c1. The van der Waals surface area contributed by atoms with Gasteiger partial charge >= 0.3 is 0 Å². The van der Waals surface area contributed by atoms with Crippen molar-refractivity contribution in [1.29, 1.82) is 0 Å². The smallest absolute Gasteiger partial charge is 0.178 e. The van der Waals surface area contributed by atoms with E-state index in [1.807, 2.05) is 24.3 Å². The molecule has 0 N–H and O–H groups in total. The van der Waals surface area contributed by atoms with Gasteiger partial charge in [-0.25, -0.2) is 0 Å². The third kappa shape index (κ3) is 5.81.